The summed E-state index contributed by atoms with van der Waals surface area (Å²) < 4.78 is 0. The Morgan fingerprint density at radius 3 is 2.13 bits per heavy atom. The minimum Gasteiger partial charge on any atom is -0.0654 e. The van der Waals surface area contributed by atoms with E-state index in [1.54, 1.807) is 5.56 Å². The molecule has 0 N–H and O–H groups in total. The number of rotatable bonds is 4. The molecule has 1 aromatic carbocycles. The fraction of sp³-hybridized carbons (Fsp3) is 0.600. The number of aryl methyl sites for hydroxylation is 1. The second-order valence-electron chi connectivity index (χ2n) is 4.93. The molecule has 0 saturated heterocycles. The van der Waals surface area contributed by atoms with Crippen LogP contribution in [-0.2, 0) is 11.8 Å². The summed E-state index contributed by atoms with van der Waals surface area (Å²) in [5.41, 5.74) is 3.61. The van der Waals surface area contributed by atoms with Crippen LogP contribution in [0.2, 0.25) is 0 Å². The largest absolute Gasteiger partial charge is 0.0654 e. The lowest BCUT2D eigenvalue weighted by molar-refractivity contribution is 0.223. The van der Waals surface area contributed by atoms with E-state index < -0.39 is 0 Å². The van der Waals surface area contributed by atoms with E-state index in [1.807, 2.05) is 0 Å². The van der Waals surface area contributed by atoms with Crippen LogP contribution in [0.1, 0.15) is 57.1 Å². The van der Waals surface area contributed by atoms with Crippen LogP contribution in [0.4, 0.5) is 0 Å². The van der Waals surface area contributed by atoms with Crippen molar-refractivity contribution in [3.8, 4) is 0 Å². The van der Waals surface area contributed by atoms with E-state index in [0.717, 1.165) is 6.42 Å². The van der Waals surface area contributed by atoms with Crippen LogP contribution < -0.4 is 0 Å². The first-order valence-corrected chi connectivity index (χ1v) is 6.40. The van der Waals surface area contributed by atoms with Gasteiger partial charge in [0.25, 0.3) is 0 Å². The molecule has 0 bridgehead atoms. The molecule has 0 radical (unpaired) electrons. The molecule has 0 aliphatic heterocycles. The van der Waals surface area contributed by atoms with E-state index >= 15 is 0 Å². The third-order valence-electron chi connectivity index (χ3n) is 4.01. The van der Waals surface area contributed by atoms with Gasteiger partial charge in [0.1, 0.15) is 0 Å². The van der Waals surface area contributed by atoms with Gasteiger partial charge >= 0.3 is 0 Å². The van der Waals surface area contributed by atoms with Gasteiger partial charge in [-0.3, -0.25) is 0 Å². The van der Waals surface area contributed by atoms with Crippen molar-refractivity contribution >= 4 is 0 Å². The van der Waals surface area contributed by atoms with E-state index in [9.17, 15) is 0 Å². The maximum Gasteiger partial charge on any atom is -0.00471 e. The molecule has 0 spiro atoms. The second kappa shape index (κ2) is 4.38. The highest BCUT2D eigenvalue weighted by molar-refractivity contribution is 5.31. The smallest absolute Gasteiger partial charge is 0.00471 e. The lowest BCUT2D eigenvalue weighted by Crippen LogP contribution is -2.33. The van der Waals surface area contributed by atoms with Gasteiger partial charge in [-0.1, -0.05) is 51.0 Å². The standard InChI is InChI=1S/C15H22/c1-3-10-15(11-5-12-15)14-8-6-13(4-2)7-9-14/h6-9H,3-5,10-12H2,1-2H3. The minimum atomic E-state index is 0.557. The predicted octanol–water partition coefficient (Wildman–Crippen LogP) is 4.47. The van der Waals surface area contributed by atoms with Crippen LogP contribution in [0.3, 0.4) is 0 Å². The Bertz CT molecular complexity index is 303. The Kier molecular flexibility index (Phi) is 3.14. The predicted molar refractivity (Wildman–Crippen MR) is 66.3 cm³/mol. The molecule has 0 heterocycles. The summed E-state index contributed by atoms with van der Waals surface area (Å²) in [6.45, 7) is 4.53. The average Bonchev–Trinajstić information content (AvgIpc) is 2.24. The maximum absolute atomic E-state index is 2.37. The van der Waals surface area contributed by atoms with Crippen molar-refractivity contribution in [2.75, 3.05) is 0 Å². The maximum atomic E-state index is 2.37. The molecular weight excluding hydrogens is 180 g/mol. The van der Waals surface area contributed by atoms with Crippen LogP contribution in [0.25, 0.3) is 0 Å². The van der Waals surface area contributed by atoms with E-state index in [1.165, 1.54) is 37.7 Å². The van der Waals surface area contributed by atoms with Gasteiger partial charge in [-0.2, -0.15) is 0 Å². The van der Waals surface area contributed by atoms with Crippen LogP contribution in [0.15, 0.2) is 24.3 Å². The molecule has 1 aromatic rings. The molecule has 0 amide bonds. The van der Waals surface area contributed by atoms with Crippen LogP contribution >= 0.6 is 0 Å². The van der Waals surface area contributed by atoms with Gasteiger partial charge in [-0.05, 0) is 42.2 Å². The molecule has 0 nitrogen and oxygen atoms in total. The van der Waals surface area contributed by atoms with Gasteiger partial charge in [0.15, 0.2) is 0 Å². The van der Waals surface area contributed by atoms with Crippen molar-refractivity contribution in [2.45, 2.75) is 57.8 Å². The first-order chi connectivity index (χ1) is 7.30. The molecule has 2 rings (SSSR count). The number of benzene rings is 1. The van der Waals surface area contributed by atoms with Crippen molar-refractivity contribution < 1.29 is 0 Å². The summed E-state index contributed by atoms with van der Waals surface area (Å²) in [5.74, 6) is 0. The Balaban J connectivity index is 2.19. The van der Waals surface area contributed by atoms with Crippen LogP contribution in [0, 0.1) is 0 Å². The van der Waals surface area contributed by atoms with Gasteiger partial charge in [-0.25, -0.2) is 0 Å². The van der Waals surface area contributed by atoms with Crippen LogP contribution in [-0.4, -0.2) is 0 Å². The Morgan fingerprint density at radius 1 is 1.07 bits per heavy atom. The molecule has 1 fully saturated rings. The molecule has 1 saturated carbocycles. The lowest BCUT2D eigenvalue weighted by Gasteiger charge is -2.42. The number of hydrogen-bond acceptors (Lipinski definition) is 0. The Morgan fingerprint density at radius 2 is 1.73 bits per heavy atom. The third-order valence-corrected chi connectivity index (χ3v) is 4.01. The molecule has 1 aliphatic carbocycles. The summed E-state index contributed by atoms with van der Waals surface area (Å²) in [5, 5.41) is 0. The molecule has 0 heteroatoms. The average molecular weight is 202 g/mol. The zero-order valence-corrected chi connectivity index (χ0v) is 10.1. The quantitative estimate of drug-likeness (QED) is 0.675. The summed E-state index contributed by atoms with van der Waals surface area (Å²) in [6, 6.07) is 9.36. The SMILES string of the molecule is CCCC1(c2ccc(CC)cc2)CCC1. The fourth-order valence-electron chi connectivity index (χ4n) is 2.86. The molecule has 1 aliphatic rings. The topological polar surface area (TPSA) is 0 Å². The molecule has 82 valence electrons. The highest BCUT2D eigenvalue weighted by atomic mass is 14.4. The van der Waals surface area contributed by atoms with Gasteiger partial charge in [-0.15, -0.1) is 0 Å². The van der Waals surface area contributed by atoms with Gasteiger partial charge < -0.3 is 0 Å². The summed E-state index contributed by atoms with van der Waals surface area (Å²) in [4.78, 5) is 0. The van der Waals surface area contributed by atoms with E-state index in [2.05, 4.69) is 38.1 Å². The second-order valence-corrected chi connectivity index (χ2v) is 4.93. The first kappa shape index (κ1) is 10.7. The highest BCUT2D eigenvalue weighted by Crippen LogP contribution is 2.47. The zero-order valence-electron chi connectivity index (χ0n) is 10.1. The van der Waals surface area contributed by atoms with E-state index in [-0.39, 0.29) is 0 Å². The molecule has 0 unspecified atom stereocenters. The minimum absolute atomic E-state index is 0.557. The fourth-order valence-corrected chi connectivity index (χ4v) is 2.86. The van der Waals surface area contributed by atoms with Crippen molar-refractivity contribution in [1.82, 2.24) is 0 Å². The van der Waals surface area contributed by atoms with Crippen LogP contribution in [0.5, 0.6) is 0 Å². The van der Waals surface area contributed by atoms with Gasteiger partial charge in [0, 0.05) is 0 Å². The first-order valence-electron chi connectivity index (χ1n) is 6.40. The monoisotopic (exact) mass is 202 g/mol. The Labute approximate surface area is 93.7 Å². The molecule has 0 aromatic heterocycles. The molecular formula is C15H22. The summed E-state index contributed by atoms with van der Waals surface area (Å²) in [7, 11) is 0. The highest BCUT2D eigenvalue weighted by Gasteiger charge is 2.37. The number of hydrogen-bond donors (Lipinski definition) is 0. The van der Waals surface area contributed by atoms with Crippen molar-refractivity contribution in [1.29, 1.82) is 0 Å². The lowest BCUT2D eigenvalue weighted by atomic mass is 9.62. The van der Waals surface area contributed by atoms with Crippen molar-refractivity contribution in [2.24, 2.45) is 0 Å². The summed E-state index contributed by atoms with van der Waals surface area (Å²) >= 11 is 0. The van der Waals surface area contributed by atoms with Gasteiger partial charge in [0.2, 0.25) is 0 Å². The normalized spacial score (nSPS) is 18.5. The van der Waals surface area contributed by atoms with E-state index in [0.29, 0.717) is 5.41 Å². The summed E-state index contributed by atoms with van der Waals surface area (Å²) in [6.07, 6.45) is 8.09. The van der Waals surface area contributed by atoms with Crippen molar-refractivity contribution in [3.05, 3.63) is 35.4 Å². The zero-order chi connectivity index (χ0) is 10.7. The van der Waals surface area contributed by atoms with Crippen molar-refractivity contribution in [3.63, 3.8) is 0 Å². The van der Waals surface area contributed by atoms with Gasteiger partial charge in [0.05, 0.1) is 0 Å². The third kappa shape index (κ3) is 1.95. The molecule has 0 atom stereocenters. The Hall–Kier alpha value is -0.780. The van der Waals surface area contributed by atoms with E-state index in [4.69, 9.17) is 0 Å². The molecule has 15 heavy (non-hydrogen) atoms.